The smallest absolute Gasteiger partial charge is 0.220 e. The van der Waals surface area contributed by atoms with Crippen LogP contribution in [0.15, 0.2) is 109 Å². The van der Waals surface area contributed by atoms with E-state index >= 15 is 0 Å². The highest BCUT2D eigenvalue weighted by molar-refractivity contribution is 6.10. The molecule has 8 rings (SSSR count). The molecular weight excluding hydrogens is 480 g/mol. The molecule has 0 fully saturated rings. The molecule has 0 saturated heterocycles. The van der Waals surface area contributed by atoms with Gasteiger partial charge in [-0.2, -0.15) is 5.26 Å². The average Bonchev–Trinajstić information content (AvgIpc) is 3.63. The van der Waals surface area contributed by atoms with Crippen molar-refractivity contribution in [2.24, 2.45) is 0 Å². The van der Waals surface area contributed by atoms with Crippen molar-refractivity contribution in [3.63, 3.8) is 0 Å². The van der Waals surface area contributed by atoms with Gasteiger partial charge in [0.05, 0.1) is 45.7 Å². The van der Waals surface area contributed by atoms with E-state index < -0.39 is 0 Å². The van der Waals surface area contributed by atoms with Gasteiger partial charge in [-0.25, -0.2) is 9.83 Å². The molecule has 0 atom stereocenters. The van der Waals surface area contributed by atoms with Crippen LogP contribution in [0.5, 0.6) is 0 Å². The number of para-hydroxylation sites is 5. The van der Waals surface area contributed by atoms with Crippen molar-refractivity contribution >= 4 is 55.3 Å². The number of hydrogen-bond acceptors (Lipinski definition) is 2. The second-order valence-electron chi connectivity index (χ2n) is 9.58. The summed E-state index contributed by atoms with van der Waals surface area (Å²) in [6, 6.07) is 38.8. The number of benzene rings is 5. The summed E-state index contributed by atoms with van der Waals surface area (Å²) < 4.78 is 6.57. The molecule has 5 aromatic carbocycles. The van der Waals surface area contributed by atoms with Gasteiger partial charge in [0.25, 0.3) is 0 Å². The number of aromatic nitrogens is 4. The second-order valence-corrected chi connectivity index (χ2v) is 9.58. The standard InChI is InChI=1S/C33H18N6/c1-35-22-16-21(20-34)17-24(18-22)37-28-10-4-2-8-25(28)26-19-23(14-15-29(26)37)38-31-12-6-7-13-32(31)39-30-11-5-3-9-27(30)36-33(38)39/h2-19H. The van der Waals surface area contributed by atoms with Crippen LogP contribution in [-0.2, 0) is 0 Å². The van der Waals surface area contributed by atoms with Gasteiger partial charge in [-0.15, -0.1) is 0 Å². The fourth-order valence-electron chi connectivity index (χ4n) is 5.84. The Balaban J connectivity index is 1.46. The van der Waals surface area contributed by atoms with E-state index in [4.69, 9.17) is 11.6 Å². The van der Waals surface area contributed by atoms with Crippen LogP contribution in [0.25, 0.3) is 65.9 Å². The summed E-state index contributed by atoms with van der Waals surface area (Å²) in [6.07, 6.45) is 0. The predicted molar refractivity (Wildman–Crippen MR) is 155 cm³/mol. The molecule has 0 radical (unpaired) electrons. The SMILES string of the molecule is [C-]#[N+]c1cc(C#N)cc(-n2c3ccccc3c3cc(-n4c5ccccc5n5c6ccccc6nc45)ccc32)c1. The normalized spacial score (nSPS) is 11.5. The van der Waals surface area contributed by atoms with Crippen LogP contribution in [-0.4, -0.2) is 18.5 Å². The number of imidazole rings is 2. The lowest BCUT2D eigenvalue weighted by molar-refractivity contribution is 1.11. The van der Waals surface area contributed by atoms with Crippen LogP contribution in [0.1, 0.15) is 5.56 Å². The van der Waals surface area contributed by atoms with Gasteiger partial charge in [-0.3, -0.25) is 8.97 Å². The third-order valence-corrected chi connectivity index (χ3v) is 7.44. The van der Waals surface area contributed by atoms with Crippen LogP contribution in [0.2, 0.25) is 0 Å². The molecule has 6 heteroatoms. The first kappa shape index (κ1) is 21.3. The number of hydrogen-bond donors (Lipinski definition) is 0. The monoisotopic (exact) mass is 498 g/mol. The molecular formula is C33H18N6. The molecule has 3 heterocycles. The summed E-state index contributed by atoms with van der Waals surface area (Å²) in [5.41, 5.74) is 8.96. The van der Waals surface area contributed by atoms with E-state index in [0.717, 1.165) is 61.0 Å². The zero-order valence-electron chi connectivity index (χ0n) is 20.6. The summed E-state index contributed by atoms with van der Waals surface area (Å²) >= 11 is 0. The average molecular weight is 499 g/mol. The van der Waals surface area contributed by atoms with Crippen molar-refractivity contribution in [2.75, 3.05) is 0 Å². The van der Waals surface area contributed by atoms with Gasteiger partial charge in [0.1, 0.15) is 0 Å². The summed E-state index contributed by atoms with van der Waals surface area (Å²) in [4.78, 5) is 8.63. The maximum absolute atomic E-state index is 9.60. The topological polar surface area (TPSA) is 55.3 Å². The maximum atomic E-state index is 9.60. The Morgan fingerprint density at radius 1 is 0.641 bits per heavy atom. The Bertz CT molecular complexity index is 2340. The molecule has 0 unspecified atom stereocenters. The van der Waals surface area contributed by atoms with Crippen molar-refractivity contribution < 1.29 is 0 Å². The van der Waals surface area contributed by atoms with E-state index in [2.05, 4.69) is 85.1 Å². The lowest BCUT2D eigenvalue weighted by Gasteiger charge is -2.10. The molecule has 3 aromatic heterocycles. The van der Waals surface area contributed by atoms with E-state index in [0.29, 0.717) is 11.3 Å². The van der Waals surface area contributed by atoms with Gasteiger partial charge >= 0.3 is 0 Å². The lowest BCUT2D eigenvalue weighted by Crippen LogP contribution is -1.97. The Morgan fingerprint density at radius 3 is 2.18 bits per heavy atom. The van der Waals surface area contributed by atoms with Crippen molar-refractivity contribution in [1.82, 2.24) is 18.5 Å². The highest BCUT2D eigenvalue weighted by atomic mass is 15.2. The van der Waals surface area contributed by atoms with Crippen molar-refractivity contribution in [1.29, 1.82) is 5.26 Å². The fourth-order valence-corrected chi connectivity index (χ4v) is 5.84. The summed E-state index contributed by atoms with van der Waals surface area (Å²) in [7, 11) is 0. The van der Waals surface area contributed by atoms with Gasteiger partial charge < -0.3 is 4.57 Å². The Morgan fingerprint density at radius 2 is 1.36 bits per heavy atom. The Labute approximate surface area is 222 Å². The molecule has 0 N–H and O–H groups in total. The van der Waals surface area contributed by atoms with E-state index in [1.54, 1.807) is 6.07 Å². The molecule has 8 aromatic rings. The maximum Gasteiger partial charge on any atom is 0.220 e. The third-order valence-electron chi connectivity index (χ3n) is 7.44. The highest BCUT2D eigenvalue weighted by Gasteiger charge is 2.19. The molecule has 0 bridgehead atoms. The second kappa shape index (κ2) is 7.82. The first-order chi connectivity index (χ1) is 19.2. The fraction of sp³-hybridized carbons (Fsp3) is 0. The zero-order chi connectivity index (χ0) is 26.1. The summed E-state index contributed by atoms with van der Waals surface area (Å²) in [5, 5.41) is 11.8. The largest absolute Gasteiger partial charge is 0.310 e. The Hall–Kier alpha value is -5.85. The van der Waals surface area contributed by atoms with Gasteiger partial charge in [-0.05, 0) is 66.7 Å². The molecule has 180 valence electrons. The highest BCUT2D eigenvalue weighted by Crippen LogP contribution is 2.36. The molecule has 6 nitrogen and oxygen atoms in total. The summed E-state index contributed by atoms with van der Waals surface area (Å²) in [6.45, 7) is 7.54. The van der Waals surface area contributed by atoms with E-state index in [-0.39, 0.29) is 0 Å². The minimum absolute atomic E-state index is 0.444. The molecule has 0 amide bonds. The molecule has 0 saturated carbocycles. The summed E-state index contributed by atoms with van der Waals surface area (Å²) in [5.74, 6) is 0.865. The molecule has 0 aliphatic heterocycles. The third kappa shape index (κ3) is 2.91. The first-order valence-electron chi connectivity index (χ1n) is 12.6. The van der Waals surface area contributed by atoms with Gasteiger partial charge in [0.2, 0.25) is 5.78 Å². The van der Waals surface area contributed by atoms with E-state index in [9.17, 15) is 5.26 Å². The van der Waals surface area contributed by atoms with Crippen molar-refractivity contribution in [2.45, 2.75) is 0 Å². The van der Waals surface area contributed by atoms with Gasteiger partial charge in [0, 0.05) is 27.7 Å². The van der Waals surface area contributed by atoms with E-state index in [1.807, 2.05) is 42.5 Å². The van der Waals surface area contributed by atoms with Crippen LogP contribution in [0, 0.1) is 17.9 Å². The lowest BCUT2D eigenvalue weighted by atomic mass is 10.1. The van der Waals surface area contributed by atoms with Gasteiger partial charge in [-0.1, -0.05) is 42.5 Å². The van der Waals surface area contributed by atoms with Gasteiger partial charge in [0.15, 0.2) is 5.69 Å². The predicted octanol–water partition coefficient (Wildman–Crippen LogP) is 7.95. The van der Waals surface area contributed by atoms with Crippen LogP contribution in [0.3, 0.4) is 0 Å². The van der Waals surface area contributed by atoms with Crippen molar-refractivity contribution in [3.8, 4) is 17.4 Å². The minimum Gasteiger partial charge on any atom is -0.310 e. The molecule has 39 heavy (non-hydrogen) atoms. The number of fused-ring (bicyclic) bond motifs is 8. The molecule has 0 aliphatic carbocycles. The molecule has 0 aliphatic rings. The first-order valence-corrected chi connectivity index (χ1v) is 12.6. The van der Waals surface area contributed by atoms with Crippen LogP contribution < -0.4 is 0 Å². The molecule has 0 spiro atoms. The van der Waals surface area contributed by atoms with Crippen molar-refractivity contribution in [3.05, 3.63) is 126 Å². The Kier molecular flexibility index (Phi) is 4.26. The zero-order valence-corrected chi connectivity index (χ0v) is 20.6. The number of nitrogens with zero attached hydrogens (tertiary/aromatic N) is 6. The van der Waals surface area contributed by atoms with Crippen LogP contribution in [0.4, 0.5) is 5.69 Å². The number of rotatable bonds is 2. The van der Waals surface area contributed by atoms with Crippen LogP contribution >= 0.6 is 0 Å². The number of nitriles is 1. The quantitative estimate of drug-likeness (QED) is 0.227. The minimum atomic E-state index is 0.444. The van der Waals surface area contributed by atoms with E-state index in [1.165, 1.54) is 0 Å².